The normalized spacial score (nSPS) is 16.2. The van der Waals surface area contributed by atoms with Crippen LogP contribution in [-0.4, -0.2) is 62.9 Å². The molecule has 0 saturated carbocycles. The Bertz CT molecular complexity index is 1360. The Hall–Kier alpha value is -3.75. The summed E-state index contributed by atoms with van der Waals surface area (Å²) in [7, 11) is 0. The number of aromatic nitrogens is 3. The summed E-state index contributed by atoms with van der Waals surface area (Å²) in [6.45, 7) is 7.61. The third kappa shape index (κ3) is 6.94. The molecule has 0 bridgehead atoms. The number of nitrogens with one attached hydrogen (secondary N) is 1. The number of aliphatic carboxylic acids is 1. The Labute approximate surface area is 242 Å². The van der Waals surface area contributed by atoms with Gasteiger partial charge in [-0.25, -0.2) is 9.50 Å². The molecular weight excluding hydrogens is 514 g/mol. The number of anilines is 1. The molecule has 3 heterocycles. The minimum atomic E-state index is -1.02. The summed E-state index contributed by atoms with van der Waals surface area (Å²) >= 11 is 0. The molecule has 2 aromatic heterocycles. The quantitative estimate of drug-likeness (QED) is 0.197. The van der Waals surface area contributed by atoms with Crippen molar-refractivity contribution in [2.45, 2.75) is 63.6 Å². The van der Waals surface area contributed by atoms with Gasteiger partial charge in [0, 0.05) is 19.6 Å². The van der Waals surface area contributed by atoms with Crippen molar-refractivity contribution in [3.8, 4) is 0 Å². The molecule has 1 saturated heterocycles. The zero-order valence-corrected chi connectivity index (χ0v) is 24.1. The zero-order valence-electron chi connectivity index (χ0n) is 24.1. The van der Waals surface area contributed by atoms with Crippen LogP contribution in [0.15, 0.2) is 79.0 Å². The van der Waals surface area contributed by atoms with Crippen molar-refractivity contribution in [3.05, 3.63) is 95.8 Å². The molecule has 5 rings (SSSR count). The van der Waals surface area contributed by atoms with Crippen LogP contribution in [0.3, 0.4) is 0 Å². The van der Waals surface area contributed by atoms with E-state index >= 15 is 0 Å². The molecule has 1 fully saturated rings. The van der Waals surface area contributed by atoms with Crippen molar-refractivity contribution in [1.29, 1.82) is 0 Å². The van der Waals surface area contributed by atoms with Crippen LogP contribution in [-0.2, 0) is 14.9 Å². The van der Waals surface area contributed by atoms with Crippen LogP contribution in [0.2, 0.25) is 0 Å². The Morgan fingerprint density at radius 1 is 1.05 bits per heavy atom. The standard InChI is InChI=1S/C33H41N5O3/c1-3-19-33(2,32(39)40)28-24-38-30(35-28)16-15-29(36-38)34-20-10-21-37-22-17-27(18-23-37)41-31(25-11-6-4-7-12-25)26-13-8-5-9-14-26/h4-9,11-16,24,27,31H,3,10,17-23H2,1-2H3,(H,34,36)(H,39,40). The van der Waals surface area contributed by atoms with Crippen molar-refractivity contribution in [1.82, 2.24) is 19.5 Å². The lowest BCUT2D eigenvalue weighted by molar-refractivity contribution is -0.143. The molecule has 1 aliphatic rings. The van der Waals surface area contributed by atoms with Gasteiger partial charge in [0.05, 0.1) is 18.0 Å². The summed E-state index contributed by atoms with van der Waals surface area (Å²) in [5.74, 6) is -0.0992. The van der Waals surface area contributed by atoms with Gasteiger partial charge in [-0.3, -0.25) is 4.79 Å². The molecular formula is C33H41N5O3. The number of nitrogens with zero attached hydrogens (tertiary/aromatic N) is 4. The maximum Gasteiger partial charge on any atom is 0.315 e. The highest BCUT2D eigenvalue weighted by Gasteiger charge is 2.37. The first-order valence-electron chi connectivity index (χ1n) is 14.8. The number of carboxylic acids is 1. The van der Waals surface area contributed by atoms with Crippen molar-refractivity contribution in [2.24, 2.45) is 0 Å². The van der Waals surface area contributed by atoms with Crippen LogP contribution in [0.5, 0.6) is 0 Å². The molecule has 1 atom stereocenters. The molecule has 1 aliphatic heterocycles. The molecule has 0 amide bonds. The number of carboxylic acid groups (broad SMARTS) is 1. The van der Waals surface area contributed by atoms with Gasteiger partial charge in [-0.05, 0) is 62.4 Å². The molecule has 8 heteroatoms. The van der Waals surface area contributed by atoms with Crippen LogP contribution in [0.1, 0.15) is 68.9 Å². The van der Waals surface area contributed by atoms with E-state index in [9.17, 15) is 9.90 Å². The van der Waals surface area contributed by atoms with Gasteiger partial charge < -0.3 is 20.1 Å². The third-order valence-electron chi connectivity index (χ3n) is 8.13. The van der Waals surface area contributed by atoms with E-state index < -0.39 is 11.4 Å². The summed E-state index contributed by atoms with van der Waals surface area (Å²) in [4.78, 5) is 19.0. The fourth-order valence-electron chi connectivity index (χ4n) is 5.67. The number of benzene rings is 2. The largest absolute Gasteiger partial charge is 0.481 e. The number of hydrogen-bond donors (Lipinski definition) is 2. The molecule has 0 spiro atoms. The minimum Gasteiger partial charge on any atom is -0.481 e. The lowest BCUT2D eigenvalue weighted by atomic mass is 9.83. The number of rotatable bonds is 13. The highest BCUT2D eigenvalue weighted by molar-refractivity contribution is 5.80. The fraction of sp³-hybridized carbons (Fsp3) is 0.424. The molecule has 216 valence electrons. The number of ether oxygens (including phenoxy) is 1. The maximum absolute atomic E-state index is 12.0. The highest BCUT2D eigenvalue weighted by Crippen LogP contribution is 2.31. The monoisotopic (exact) mass is 555 g/mol. The summed E-state index contributed by atoms with van der Waals surface area (Å²) in [6.07, 6.45) is 6.30. The average molecular weight is 556 g/mol. The number of hydrogen-bond acceptors (Lipinski definition) is 6. The first-order valence-corrected chi connectivity index (χ1v) is 14.8. The summed E-state index contributed by atoms with van der Waals surface area (Å²) in [6, 6.07) is 24.8. The van der Waals surface area contributed by atoms with Crippen LogP contribution >= 0.6 is 0 Å². The predicted octanol–water partition coefficient (Wildman–Crippen LogP) is 5.94. The second kappa shape index (κ2) is 13.3. The number of imidazole rings is 1. The van der Waals surface area contributed by atoms with Gasteiger partial charge in [0.25, 0.3) is 0 Å². The lowest BCUT2D eigenvalue weighted by Crippen LogP contribution is -2.38. The first-order chi connectivity index (χ1) is 20.0. The molecule has 4 aromatic rings. The van der Waals surface area contributed by atoms with E-state index in [1.165, 1.54) is 11.1 Å². The smallest absolute Gasteiger partial charge is 0.315 e. The molecule has 1 unspecified atom stereocenters. The van der Waals surface area contributed by atoms with Gasteiger partial charge in [0.2, 0.25) is 0 Å². The van der Waals surface area contributed by atoms with Crippen molar-refractivity contribution in [3.63, 3.8) is 0 Å². The molecule has 0 aliphatic carbocycles. The van der Waals surface area contributed by atoms with E-state index in [0.717, 1.165) is 57.7 Å². The topological polar surface area (TPSA) is 92.0 Å². The fourth-order valence-corrected chi connectivity index (χ4v) is 5.67. The van der Waals surface area contributed by atoms with Gasteiger partial charge >= 0.3 is 5.97 Å². The predicted molar refractivity (Wildman–Crippen MR) is 161 cm³/mol. The Morgan fingerprint density at radius 2 is 1.71 bits per heavy atom. The van der Waals surface area contributed by atoms with Crippen molar-refractivity contribution < 1.29 is 14.6 Å². The number of piperidine rings is 1. The minimum absolute atomic E-state index is 0.0425. The molecule has 2 aromatic carbocycles. The van der Waals surface area contributed by atoms with Gasteiger partial charge in [-0.15, -0.1) is 5.10 Å². The van der Waals surface area contributed by atoms with Gasteiger partial charge in [-0.2, -0.15) is 0 Å². The third-order valence-corrected chi connectivity index (χ3v) is 8.13. The molecule has 2 N–H and O–H groups in total. The van der Waals surface area contributed by atoms with Crippen LogP contribution in [0.4, 0.5) is 5.82 Å². The first kappa shape index (κ1) is 28.8. The number of fused-ring (bicyclic) bond motifs is 1. The Morgan fingerprint density at radius 3 is 2.32 bits per heavy atom. The summed E-state index contributed by atoms with van der Waals surface area (Å²) in [5, 5.41) is 17.8. The van der Waals surface area contributed by atoms with E-state index in [-0.39, 0.29) is 12.2 Å². The maximum atomic E-state index is 12.0. The van der Waals surface area contributed by atoms with E-state index in [4.69, 9.17) is 4.74 Å². The Balaban J connectivity index is 1.09. The van der Waals surface area contributed by atoms with Crippen LogP contribution in [0.25, 0.3) is 5.65 Å². The lowest BCUT2D eigenvalue weighted by Gasteiger charge is -2.34. The molecule has 41 heavy (non-hydrogen) atoms. The average Bonchev–Trinajstić information content (AvgIpc) is 3.44. The van der Waals surface area contributed by atoms with Crippen LogP contribution < -0.4 is 5.32 Å². The molecule has 8 nitrogen and oxygen atoms in total. The van der Waals surface area contributed by atoms with E-state index in [2.05, 4.69) is 68.8 Å². The Kier molecular flexibility index (Phi) is 9.31. The van der Waals surface area contributed by atoms with E-state index in [0.29, 0.717) is 17.8 Å². The summed E-state index contributed by atoms with van der Waals surface area (Å²) < 4.78 is 8.37. The second-order valence-corrected chi connectivity index (χ2v) is 11.2. The second-order valence-electron chi connectivity index (χ2n) is 11.2. The molecule has 0 radical (unpaired) electrons. The zero-order chi connectivity index (χ0) is 28.7. The highest BCUT2D eigenvalue weighted by atomic mass is 16.5. The van der Waals surface area contributed by atoms with Crippen molar-refractivity contribution in [2.75, 3.05) is 31.5 Å². The van der Waals surface area contributed by atoms with E-state index in [1.807, 2.05) is 31.2 Å². The van der Waals surface area contributed by atoms with Gasteiger partial charge in [0.15, 0.2) is 5.65 Å². The SMILES string of the molecule is CCCC(C)(C(=O)O)c1cn2nc(NCCCN3CCC(OC(c4ccccc4)c4ccccc4)CC3)ccc2n1. The van der Waals surface area contributed by atoms with Crippen molar-refractivity contribution >= 4 is 17.4 Å². The summed E-state index contributed by atoms with van der Waals surface area (Å²) in [5.41, 5.74) is 2.58. The van der Waals surface area contributed by atoms with E-state index in [1.54, 1.807) is 17.6 Å². The van der Waals surface area contributed by atoms with Gasteiger partial charge in [-0.1, -0.05) is 74.0 Å². The number of carbonyl (C=O) groups is 1. The van der Waals surface area contributed by atoms with Crippen LogP contribution in [0, 0.1) is 0 Å². The number of likely N-dealkylation sites (tertiary alicyclic amines) is 1. The van der Waals surface area contributed by atoms with Gasteiger partial charge in [0.1, 0.15) is 17.3 Å².